The number of alkyl halides is 2. The van der Waals surface area contributed by atoms with Crippen molar-refractivity contribution in [3.63, 3.8) is 0 Å². The van der Waals surface area contributed by atoms with Gasteiger partial charge in [0, 0.05) is 6.42 Å². The van der Waals surface area contributed by atoms with E-state index in [1.165, 1.54) is 0 Å². The molecule has 0 saturated heterocycles. The van der Waals surface area contributed by atoms with E-state index in [9.17, 15) is 17.2 Å². The first-order valence-corrected chi connectivity index (χ1v) is 4.86. The summed E-state index contributed by atoms with van der Waals surface area (Å²) in [4.78, 5) is 0. The standard InChI is InChI=1S/C5H10F2O3S/c1-11(8,9)10-4-2-3-5(6)7/h5H,2-4H2,1H3. The number of rotatable bonds is 5. The lowest BCUT2D eigenvalue weighted by Gasteiger charge is -1.99. The molecule has 0 bridgehead atoms. The lowest BCUT2D eigenvalue weighted by Crippen LogP contribution is -2.05. The molecule has 0 amide bonds. The number of hydrogen-bond acceptors (Lipinski definition) is 3. The van der Waals surface area contributed by atoms with Crippen LogP contribution in [0.3, 0.4) is 0 Å². The van der Waals surface area contributed by atoms with Crippen LogP contribution in [0.25, 0.3) is 0 Å². The van der Waals surface area contributed by atoms with Gasteiger partial charge in [0.05, 0.1) is 12.9 Å². The maximum absolute atomic E-state index is 11.4. The first kappa shape index (κ1) is 10.8. The Morgan fingerprint density at radius 1 is 1.45 bits per heavy atom. The molecule has 0 heterocycles. The smallest absolute Gasteiger partial charge is 0.264 e. The van der Waals surface area contributed by atoms with Gasteiger partial charge in [-0.1, -0.05) is 0 Å². The van der Waals surface area contributed by atoms with Crippen molar-refractivity contribution in [2.24, 2.45) is 0 Å². The molecule has 0 radical (unpaired) electrons. The molecule has 0 fully saturated rings. The minimum atomic E-state index is -3.47. The molecule has 6 heteroatoms. The van der Waals surface area contributed by atoms with Crippen LogP contribution in [0.15, 0.2) is 0 Å². The minimum absolute atomic E-state index is 0.0603. The molecular weight excluding hydrogens is 178 g/mol. The summed E-state index contributed by atoms with van der Waals surface area (Å²) >= 11 is 0. The first-order valence-electron chi connectivity index (χ1n) is 3.04. The molecule has 0 atom stereocenters. The number of halogens is 2. The van der Waals surface area contributed by atoms with E-state index in [-0.39, 0.29) is 19.4 Å². The summed E-state index contributed by atoms with van der Waals surface area (Å²) in [5.74, 6) is 0. The number of hydrogen-bond donors (Lipinski definition) is 0. The summed E-state index contributed by atoms with van der Waals surface area (Å²) in [5.41, 5.74) is 0. The molecule has 0 unspecified atom stereocenters. The van der Waals surface area contributed by atoms with Crippen molar-refractivity contribution in [2.75, 3.05) is 12.9 Å². The third-order valence-electron chi connectivity index (χ3n) is 0.864. The van der Waals surface area contributed by atoms with Gasteiger partial charge in [-0.15, -0.1) is 0 Å². The Bertz CT molecular complexity index is 188. The van der Waals surface area contributed by atoms with Crippen molar-refractivity contribution in [1.82, 2.24) is 0 Å². The molecular formula is C5H10F2O3S. The van der Waals surface area contributed by atoms with E-state index in [1.807, 2.05) is 0 Å². The normalized spacial score (nSPS) is 12.4. The van der Waals surface area contributed by atoms with Crippen LogP contribution in [0.5, 0.6) is 0 Å². The van der Waals surface area contributed by atoms with Gasteiger partial charge in [-0.3, -0.25) is 4.18 Å². The summed E-state index contributed by atoms with van der Waals surface area (Å²) in [6, 6.07) is 0. The third-order valence-corrected chi connectivity index (χ3v) is 1.46. The molecule has 68 valence electrons. The van der Waals surface area contributed by atoms with E-state index in [0.717, 1.165) is 6.26 Å². The Kier molecular flexibility index (Phi) is 4.51. The lowest BCUT2D eigenvalue weighted by molar-refractivity contribution is 0.127. The first-order chi connectivity index (χ1) is 4.92. The highest BCUT2D eigenvalue weighted by Gasteiger charge is 2.04. The van der Waals surface area contributed by atoms with Crippen LogP contribution in [-0.4, -0.2) is 27.7 Å². The zero-order chi connectivity index (χ0) is 8.91. The van der Waals surface area contributed by atoms with E-state index in [1.54, 1.807) is 0 Å². The molecule has 0 aromatic carbocycles. The second kappa shape index (κ2) is 4.61. The van der Waals surface area contributed by atoms with Crippen molar-refractivity contribution in [2.45, 2.75) is 19.3 Å². The van der Waals surface area contributed by atoms with Gasteiger partial charge in [-0.25, -0.2) is 8.78 Å². The lowest BCUT2D eigenvalue weighted by atomic mass is 10.3. The van der Waals surface area contributed by atoms with Crippen molar-refractivity contribution in [1.29, 1.82) is 0 Å². The van der Waals surface area contributed by atoms with Crippen molar-refractivity contribution >= 4 is 10.1 Å². The summed E-state index contributed by atoms with van der Waals surface area (Å²) in [6.07, 6.45) is -1.77. The molecule has 0 N–H and O–H groups in total. The SMILES string of the molecule is CS(=O)(=O)OCCCC(F)F. The van der Waals surface area contributed by atoms with Crippen LogP contribution in [-0.2, 0) is 14.3 Å². The molecule has 0 aliphatic rings. The summed E-state index contributed by atoms with van der Waals surface area (Å²) < 4.78 is 47.7. The third kappa shape index (κ3) is 9.77. The van der Waals surface area contributed by atoms with Gasteiger partial charge in [0.15, 0.2) is 0 Å². The summed E-state index contributed by atoms with van der Waals surface area (Å²) in [6.45, 7) is -0.164. The topological polar surface area (TPSA) is 43.4 Å². The quantitative estimate of drug-likeness (QED) is 0.477. The molecule has 3 nitrogen and oxygen atoms in total. The minimum Gasteiger partial charge on any atom is -0.270 e. The molecule has 0 spiro atoms. The highest BCUT2D eigenvalue weighted by atomic mass is 32.2. The van der Waals surface area contributed by atoms with E-state index in [4.69, 9.17) is 0 Å². The predicted molar refractivity (Wildman–Crippen MR) is 36.0 cm³/mol. The van der Waals surface area contributed by atoms with Crippen molar-refractivity contribution in [3.8, 4) is 0 Å². The van der Waals surface area contributed by atoms with Gasteiger partial charge in [-0.05, 0) is 6.42 Å². The van der Waals surface area contributed by atoms with Crippen LogP contribution in [0.4, 0.5) is 8.78 Å². The highest BCUT2D eigenvalue weighted by molar-refractivity contribution is 7.85. The fourth-order valence-electron chi connectivity index (χ4n) is 0.448. The Morgan fingerprint density at radius 3 is 2.36 bits per heavy atom. The summed E-state index contributed by atoms with van der Waals surface area (Å²) in [5, 5.41) is 0. The second-order valence-corrected chi connectivity index (χ2v) is 3.70. The van der Waals surface area contributed by atoms with E-state index >= 15 is 0 Å². The van der Waals surface area contributed by atoms with Crippen LogP contribution in [0.1, 0.15) is 12.8 Å². The molecule has 11 heavy (non-hydrogen) atoms. The fourth-order valence-corrected chi connectivity index (χ4v) is 0.869. The van der Waals surface area contributed by atoms with E-state index in [0.29, 0.717) is 0 Å². The monoisotopic (exact) mass is 188 g/mol. The Morgan fingerprint density at radius 2 is 2.00 bits per heavy atom. The largest absolute Gasteiger partial charge is 0.270 e. The maximum Gasteiger partial charge on any atom is 0.264 e. The van der Waals surface area contributed by atoms with Crippen molar-refractivity contribution < 1.29 is 21.4 Å². The maximum atomic E-state index is 11.4. The van der Waals surface area contributed by atoms with E-state index in [2.05, 4.69) is 4.18 Å². The fraction of sp³-hybridized carbons (Fsp3) is 1.00. The second-order valence-electron chi connectivity index (χ2n) is 2.06. The van der Waals surface area contributed by atoms with Crippen molar-refractivity contribution in [3.05, 3.63) is 0 Å². The molecule has 0 aliphatic carbocycles. The molecule has 0 aromatic rings. The zero-order valence-electron chi connectivity index (χ0n) is 6.09. The summed E-state index contributed by atoms with van der Waals surface area (Å²) in [7, 11) is -3.47. The van der Waals surface area contributed by atoms with Gasteiger partial charge >= 0.3 is 0 Å². The molecule has 0 aliphatic heterocycles. The van der Waals surface area contributed by atoms with Crippen LogP contribution in [0.2, 0.25) is 0 Å². The van der Waals surface area contributed by atoms with E-state index < -0.39 is 16.5 Å². The van der Waals surface area contributed by atoms with Gasteiger partial charge in [0.1, 0.15) is 0 Å². The van der Waals surface area contributed by atoms with Crippen LogP contribution in [0, 0.1) is 0 Å². The molecule has 0 rings (SSSR count). The molecule has 0 saturated carbocycles. The Balaban J connectivity index is 3.30. The Hall–Kier alpha value is -0.230. The average Bonchev–Trinajstić information content (AvgIpc) is 1.78. The van der Waals surface area contributed by atoms with Crippen LogP contribution >= 0.6 is 0 Å². The molecule has 0 aromatic heterocycles. The Labute approximate surface area is 64.5 Å². The van der Waals surface area contributed by atoms with Gasteiger partial charge < -0.3 is 0 Å². The predicted octanol–water partition coefficient (Wildman–Crippen LogP) is 1.01. The van der Waals surface area contributed by atoms with Gasteiger partial charge in [0.25, 0.3) is 10.1 Å². The van der Waals surface area contributed by atoms with Gasteiger partial charge in [0.2, 0.25) is 6.43 Å². The average molecular weight is 188 g/mol. The van der Waals surface area contributed by atoms with Crippen LogP contribution < -0.4 is 0 Å². The highest BCUT2D eigenvalue weighted by Crippen LogP contribution is 2.03. The van der Waals surface area contributed by atoms with Gasteiger partial charge in [-0.2, -0.15) is 8.42 Å². The zero-order valence-corrected chi connectivity index (χ0v) is 6.90.